The van der Waals surface area contributed by atoms with Gasteiger partial charge in [-0.3, -0.25) is 9.20 Å². The lowest BCUT2D eigenvalue weighted by Gasteiger charge is -2.10. The number of pyridine rings is 2. The van der Waals surface area contributed by atoms with Crippen molar-refractivity contribution in [3.05, 3.63) is 83.6 Å². The maximum absolute atomic E-state index is 13.0. The van der Waals surface area contributed by atoms with Gasteiger partial charge in [0.25, 0.3) is 5.91 Å². The van der Waals surface area contributed by atoms with E-state index in [-0.39, 0.29) is 5.91 Å². The van der Waals surface area contributed by atoms with E-state index in [0.29, 0.717) is 18.5 Å². The topological polar surface area (TPSA) is 72.2 Å². The Morgan fingerprint density at radius 2 is 1.93 bits per heavy atom. The van der Waals surface area contributed by atoms with Gasteiger partial charge >= 0.3 is 0 Å². The summed E-state index contributed by atoms with van der Waals surface area (Å²) < 4.78 is 1.93. The number of aromatic nitrogens is 4. The summed E-state index contributed by atoms with van der Waals surface area (Å²) >= 11 is 1.61. The third-order valence-electron chi connectivity index (χ3n) is 4.75. The zero-order valence-electron chi connectivity index (χ0n) is 15.4. The highest BCUT2D eigenvalue weighted by atomic mass is 32.1. The fourth-order valence-electron chi connectivity index (χ4n) is 3.36. The molecule has 5 rings (SSSR count). The van der Waals surface area contributed by atoms with Gasteiger partial charge in [-0.05, 0) is 35.7 Å². The number of carbonyl (C=O) groups is 1. The van der Waals surface area contributed by atoms with Gasteiger partial charge in [0.05, 0.1) is 21.7 Å². The Labute approximate surface area is 170 Å². The molecule has 0 atom stereocenters. The summed E-state index contributed by atoms with van der Waals surface area (Å²) in [5, 5.41) is 14.2. The number of carbonyl (C=O) groups excluding carboxylic acids is 1. The molecule has 5 aromatic rings. The van der Waals surface area contributed by atoms with Crippen LogP contribution in [-0.2, 0) is 6.42 Å². The summed E-state index contributed by atoms with van der Waals surface area (Å²) in [6.07, 6.45) is 2.52. The van der Waals surface area contributed by atoms with Gasteiger partial charge in [-0.15, -0.1) is 21.5 Å². The molecule has 4 heterocycles. The Bertz CT molecular complexity index is 1310. The van der Waals surface area contributed by atoms with Crippen LogP contribution in [0.3, 0.4) is 0 Å². The Kier molecular flexibility index (Phi) is 4.50. The second-order valence-corrected chi connectivity index (χ2v) is 7.55. The Balaban J connectivity index is 1.40. The molecule has 1 N–H and O–H groups in total. The normalized spacial score (nSPS) is 11.2. The summed E-state index contributed by atoms with van der Waals surface area (Å²) in [6, 6.07) is 19.4. The van der Waals surface area contributed by atoms with Gasteiger partial charge in [0, 0.05) is 24.5 Å². The van der Waals surface area contributed by atoms with Gasteiger partial charge in [-0.25, -0.2) is 4.98 Å². The fourth-order valence-corrected chi connectivity index (χ4v) is 4.04. The number of benzene rings is 1. The van der Waals surface area contributed by atoms with Crippen molar-refractivity contribution in [1.29, 1.82) is 0 Å². The Morgan fingerprint density at radius 1 is 1.03 bits per heavy atom. The van der Waals surface area contributed by atoms with Gasteiger partial charge in [0.15, 0.2) is 5.65 Å². The molecule has 0 bridgehead atoms. The maximum atomic E-state index is 13.0. The number of fused-ring (bicyclic) bond motifs is 2. The molecule has 6 nitrogen and oxygen atoms in total. The molecular weight excluding hydrogens is 382 g/mol. The van der Waals surface area contributed by atoms with Gasteiger partial charge < -0.3 is 5.32 Å². The van der Waals surface area contributed by atoms with Crippen molar-refractivity contribution in [2.75, 3.05) is 6.54 Å². The highest BCUT2D eigenvalue weighted by molar-refractivity contribution is 7.13. The molecule has 0 aliphatic heterocycles. The van der Waals surface area contributed by atoms with Crippen LogP contribution < -0.4 is 5.32 Å². The van der Waals surface area contributed by atoms with Crippen LogP contribution in [0, 0.1) is 0 Å². The number of nitrogens with zero attached hydrogens (tertiary/aromatic N) is 4. The predicted molar refractivity (Wildman–Crippen MR) is 114 cm³/mol. The van der Waals surface area contributed by atoms with E-state index >= 15 is 0 Å². The summed E-state index contributed by atoms with van der Waals surface area (Å²) in [7, 11) is 0. The second kappa shape index (κ2) is 7.44. The quantitative estimate of drug-likeness (QED) is 0.485. The average molecular weight is 399 g/mol. The van der Waals surface area contributed by atoms with Crippen molar-refractivity contribution in [3.63, 3.8) is 0 Å². The van der Waals surface area contributed by atoms with E-state index in [1.54, 1.807) is 11.3 Å². The Hall–Kier alpha value is -3.58. The van der Waals surface area contributed by atoms with Gasteiger partial charge in [0.1, 0.15) is 5.82 Å². The van der Waals surface area contributed by atoms with Crippen molar-refractivity contribution in [1.82, 2.24) is 24.9 Å². The third kappa shape index (κ3) is 3.36. The number of nitrogens with one attached hydrogen (secondary N) is 1. The lowest BCUT2D eigenvalue weighted by molar-refractivity contribution is 0.0955. The second-order valence-electron chi connectivity index (χ2n) is 6.60. The SMILES string of the molecule is O=C(NCCc1nnc2ccccn12)c1cc(-c2cccs2)nc2ccccc12. The van der Waals surface area contributed by atoms with Gasteiger partial charge in [0.2, 0.25) is 0 Å². The minimum atomic E-state index is -0.116. The maximum Gasteiger partial charge on any atom is 0.252 e. The highest BCUT2D eigenvalue weighted by Crippen LogP contribution is 2.27. The first kappa shape index (κ1) is 17.5. The van der Waals surface area contributed by atoms with Crippen molar-refractivity contribution >= 4 is 33.8 Å². The van der Waals surface area contributed by atoms with Crippen LogP contribution in [0.5, 0.6) is 0 Å². The molecule has 0 fully saturated rings. The van der Waals surface area contributed by atoms with E-state index in [1.807, 2.05) is 76.6 Å². The van der Waals surface area contributed by atoms with Crippen molar-refractivity contribution in [2.45, 2.75) is 6.42 Å². The number of amides is 1. The standard InChI is InChI=1S/C22H17N5OS/c28-22(23-11-10-21-26-25-20-9-3-4-12-27(20)21)16-14-18(19-8-5-13-29-19)24-17-7-2-1-6-15(16)17/h1-9,12-14H,10-11H2,(H,23,28). The van der Waals surface area contributed by atoms with Crippen LogP contribution in [0.25, 0.3) is 27.1 Å². The summed E-state index contributed by atoms with van der Waals surface area (Å²) in [5.41, 5.74) is 3.05. The zero-order chi connectivity index (χ0) is 19.6. The van der Waals surface area contributed by atoms with Crippen LogP contribution in [0.4, 0.5) is 0 Å². The first-order valence-electron chi connectivity index (χ1n) is 9.30. The average Bonchev–Trinajstić information content (AvgIpc) is 3.43. The van der Waals surface area contributed by atoms with Crippen LogP contribution in [0.1, 0.15) is 16.2 Å². The minimum absolute atomic E-state index is 0.116. The van der Waals surface area contributed by atoms with Gasteiger partial charge in [-0.1, -0.05) is 30.3 Å². The summed E-state index contributed by atoms with van der Waals surface area (Å²) in [6.45, 7) is 0.472. The van der Waals surface area contributed by atoms with Crippen molar-refractivity contribution in [2.24, 2.45) is 0 Å². The number of hydrogen-bond donors (Lipinski definition) is 1. The molecule has 142 valence electrons. The first-order valence-corrected chi connectivity index (χ1v) is 10.2. The molecule has 0 aliphatic rings. The number of thiophene rings is 1. The highest BCUT2D eigenvalue weighted by Gasteiger charge is 2.14. The number of hydrogen-bond acceptors (Lipinski definition) is 5. The van der Waals surface area contributed by atoms with E-state index in [1.165, 1.54) is 0 Å². The molecular formula is C22H17N5OS. The van der Waals surface area contributed by atoms with Crippen LogP contribution >= 0.6 is 11.3 Å². The fraction of sp³-hybridized carbons (Fsp3) is 0.0909. The molecule has 0 saturated carbocycles. The molecule has 7 heteroatoms. The Morgan fingerprint density at radius 3 is 2.83 bits per heavy atom. The number of para-hydroxylation sites is 1. The lowest BCUT2D eigenvalue weighted by atomic mass is 10.1. The predicted octanol–water partition coefficient (Wildman–Crippen LogP) is 3.98. The molecule has 0 saturated heterocycles. The van der Waals surface area contributed by atoms with E-state index in [0.717, 1.165) is 32.9 Å². The van der Waals surface area contributed by atoms with E-state index < -0.39 is 0 Å². The molecule has 0 spiro atoms. The van der Waals surface area contributed by atoms with Crippen LogP contribution in [0.15, 0.2) is 72.2 Å². The number of rotatable bonds is 5. The molecule has 0 unspecified atom stereocenters. The molecule has 0 radical (unpaired) electrons. The van der Waals surface area contributed by atoms with Gasteiger partial charge in [-0.2, -0.15) is 0 Å². The third-order valence-corrected chi connectivity index (χ3v) is 5.65. The van der Waals surface area contributed by atoms with Crippen LogP contribution in [0.2, 0.25) is 0 Å². The summed E-state index contributed by atoms with van der Waals surface area (Å²) in [5.74, 6) is 0.704. The zero-order valence-corrected chi connectivity index (χ0v) is 16.3. The van der Waals surface area contributed by atoms with Crippen molar-refractivity contribution in [3.8, 4) is 10.6 Å². The lowest BCUT2D eigenvalue weighted by Crippen LogP contribution is -2.26. The van der Waals surface area contributed by atoms with E-state index in [2.05, 4.69) is 15.5 Å². The van der Waals surface area contributed by atoms with Crippen molar-refractivity contribution < 1.29 is 4.79 Å². The smallest absolute Gasteiger partial charge is 0.252 e. The van der Waals surface area contributed by atoms with E-state index in [9.17, 15) is 4.79 Å². The van der Waals surface area contributed by atoms with Crippen LogP contribution in [-0.4, -0.2) is 32.0 Å². The molecule has 0 aliphatic carbocycles. The summed E-state index contributed by atoms with van der Waals surface area (Å²) in [4.78, 5) is 18.8. The molecule has 29 heavy (non-hydrogen) atoms. The molecule has 1 aromatic carbocycles. The molecule has 4 aromatic heterocycles. The monoisotopic (exact) mass is 399 g/mol. The molecule has 1 amide bonds. The minimum Gasteiger partial charge on any atom is -0.352 e. The largest absolute Gasteiger partial charge is 0.352 e. The van der Waals surface area contributed by atoms with E-state index in [4.69, 9.17) is 4.98 Å². The first-order chi connectivity index (χ1) is 14.3.